The topological polar surface area (TPSA) is 0 Å². The zero-order chi connectivity index (χ0) is 15.1. The summed E-state index contributed by atoms with van der Waals surface area (Å²) in [6.07, 6.45) is 7.91. The van der Waals surface area contributed by atoms with Gasteiger partial charge in [-0.05, 0) is 0 Å². The standard InChI is InChI=1S/C18H13.C2H7Si.2ClH.Zr/c1-2-7-13(6-1)15-10-5-11-17-16-9-4-3-8-14(16)12-18(15)17;1-3-2;;;/h1-6,8-12H,7H2;3H,1-2H3;2*1H;/q;;;;+2/p-2. The first-order valence-corrected chi connectivity index (χ1v) is 16.7. The molecule has 0 saturated carbocycles. The molecule has 0 fully saturated rings. The van der Waals surface area contributed by atoms with E-state index in [9.17, 15) is 0 Å². The predicted molar refractivity (Wildman–Crippen MR) is 94.3 cm³/mol. The van der Waals surface area contributed by atoms with Crippen molar-refractivity contribution in [3.8, 4) is 11.1 Å². The fourth-order valence-electron chi connectivity index (χ4n) is 3.69. The molecular weight excluding hydrogens is 430 g/mol. The predicted octanol–water partition coefficient (Wildman–Crippen LogP) is -0.826. The van der Waals surface area contributed by atoms with Gasteiger partial charge in [-0.3, -0.25) is 0 Å². The van der Waals surface area contributed by atoms with Crippen molar-refractivity contribution in [1.82, 2.24) is 0 Å². The third kappa shape index (κ3) is 3.44. The molecule has 0 bridgehead atoms. The quantitative estimate of drug-likeness (QED) is 0.536. The Labute approximate surface area is 169 Å². The fourth-order valence-corrected chi connectivity index (χ4v) is 13.6. The van der Waals surface area contributed by atoms with Crippen LogP contribution >= 0.6 is 0 Å². The van der Waals surface area contributed by atoms with E-state index in [1.165, 1.54) is 22.3 Å². The summed E-state index contributed by atoms with van der Waals surface area (Å²) < 4.78 is 0.777. The second-order valence-electron chi connectivity index (χ2n) is 6.43. The van der Waals surface area contributed by atoms with Crippen LogP contribution in [0.2, 0.25) is 13.1 Å². The van der Waals surface area contributed by atoms with Gasteiger partial charge in [0.15, 0.2) is 0 Å². The first kappa shape index (κ1) is 19.9. The van der Waals surface area contributed by atoms with Crippen LogP contribution in [0, 0.1) is 0 Å². The van der Waals surface area contributed by atoms with Crippen LogP contribution in [-0.2, 0) is 22.4 Å². The van der Waals surface area contributed by atoms with Crippen LogP contribution in [-0.4, -0.2) is 5.92 Å². The normalized spacial score (nSPS) is 16.6. The van der Waals surface area contributed by atoms with E-state index < -0.39 is 5.92 Å². The minimum absolute atomic E-state index is 0. The van der Waals surface area contributed by atoms with Crippen LogP contribution in [0.4, 0.5) is 0 Å². The zero-order valence-electron chi connectivity index (χ0n) is 13.9. The number of allylic oxidation sites excluding steroid dienone is 4. The van der Waals surface area contributed by atoms with Gasteiger partial charge in [-0.1, -0.05) is 0 Å². The molecule has 0 aromatic heterocycles. The van der Waals surface area contributed by atoms with E-state index in [0.29, 0.717) is 0 Å². The van der Waals surface area contributed by atoms with Crippen molar-refractivity contribution in [3.05, 3.63) is 77.4 Å². The van der Waals surface area contributed by atoms with Crippen molar-refractivity contribution in [1.29, 1.82) is 0 Å². The molecule has 2 aliphatic rings. The molecule has 0 radical (unpaired) electrons. The zero-order valence-corrected chi connectivity index (χ0v) is 19.0. The number of rotatable bonds is 3. The molecule has 0 heterocycles. The minimum Gasteiger partial charge on any atom is -1.00 e. The van der Waals surface area contributed by atoms with Gasteiger partial charge in [-0.25, -0.2) is 0 Å². The first-order chi connectivity index (χ1) is 10.8. The van der Waals surface area contributed by atoms with Crippen LogP contribution in [0.5, 0.6) is 0 Å². The van der Waals surface area contributed by atoms with Crippen molar-refractivity contribution in [2.75, 3.05) is 0 Å². The third-order valence-corrected chi connectivity index (χ3v) is 14.4. The van der Waals surface area contributed by atoms with Crippen LogP contribution in [0.25, 0.3) is 16.7 Å². The van der Waals surface area contributed by atoms with E-state index in [0.717, 1.165) is 10.0 Å². The Morgan fingerprint density at radius 3 is 2.33 bits per heavy atom. The van der Waals surface area contributed by atoms with Crippen molar-refractivity contribution in [2.45, 2.75) is 23.1 Å². The number of halogens is 2. The van der Waals surface area contributed by atoms with Crippen molar-refractivity contribution in [3.63, 3.8) is 0 Å². The number of hydrogen-bond donors (Lipinski definition) is 0. The Hall–Kier alpha value is -0.400. The van der Waals surface area contributed by atoms with Gasteiger partial charge in [0.05, 0.1) is 0 Å². The monoisotopic (exact) mass is 448 g/mol. The van der Waals surface area contributed by atoms with Gasteiger partial charge in [0.1, 0.15) is 0 Å². The van der Waals surface area contributed by atoms with E-state index in [-0.39, 0.29) is 47.2 Å². The number of benzene rings is 2. The molecule has 4 heteroatoms. The molecule has 0 amide bonds. The maximum atomic E-state index is 2.55. The van der Waals surface area contributed by atoms with Gasteiger partial charge in [-0.2, -0.15) is 0 Å². The van der Waals surface area contributed by atoms with Gasteiger partial charge in [0.2, 0.25) is 0 Å². The van der Waals surface area contributed by atoms with Gasteiger partial charge in [0, 0.05) is 0 Å². The molecule has 4 rings (SSSR count). The van der Waals surface area contributed by atoms with Crippen molar-refractivity contribution < 1.29 is 47.2 Å². The Morgan fingerprint density at radius 1 is 0.917 bits per heavy atom. The Morgan fingerprint density at radius 2 is 1.62 bits per heavy atom. The van der Waals surface area contributed by atoms with Crippen LogP contribution in [0.15, 0.2) is 60.7 Å². The summed E-state index contributed by atoms with van der Waals surface area (Å²) in [4.78, 5) is 0. The minimum atomic E-state index is -0.461. The summed E-state index contributed by atoms with van der Waals surface area (Å²) in [7, 11) is 0. The smallest absolute Gasteiger partial charge is 1.00 e. The number of hydrogen-bond acceptors (Lipinski definition) is 0. The third-order valence-electron chi connectivity index (χ3n) is 4.57. The molecule has 0 aliphatic heterocycles. The van der Waals surface area contributed by atoms with E-state index >= 15 is 0 Å². The first-order valence-electron chi connectivity index (χ1n) is 8.10. The van der Waals surface area contributed by atoms with Gasteiger partial charge >= 0.3 is 146 Å². The van der Waals surface area contributed by atoms with Gasteiger partial charge in [-0.15, -0.1) is 0 Å². The van der Waals surface area contributed by atoms with E-state index in [2.05, 4.69) is 73.8 Å². The molecule has 2 aromatic rings. The maximum absolute atomic E-state index is 2.55. The summed E-state index contributed by atoms with van der Waals surface area (Å²) in [6, 6.07) is 16.1. The van der Waals surface area contributed by atoms with Gasteiger partial charge in [0.25, 0.3) is 0 Å². The van der Waals surface area contributed by atoms with Gasteiger partial charge < -0.3 is 24.8 Å². The summed E-state index contributed by atoms with van der Waals surface area (Å²) in [5, 5.41) is 0. The summed E-state index contributed by atoms with van der Waals surface area (Å²) in [5.41, 5.74) is 9.36. The molecule has 122 valence electrons. The second-order valence-corrected chi connectivity index (χ2v) is 21.5. The molecule has 0 saturated heterocycles. The molecule has 0 nitrogen and oxygen atoms in total. The second kappa shape index (κ2) is 8.32. The summed E-state index contributed by atoms with van der Waals surface area (Å²) in [6.45, 7) is 5.09. The molecule has 2 aliphatic carbocycles. The van der Waals surface area contributed by atoms with E-state index in [4.69, 9.17) is 0 Å². The van der Waals surface area contributed by atoms with E-state index in [1.54, 1.807) is 11.1 Å². The molecule has 2 aromatic carbocycles. The van der Waals surface area contributed by atoms with Crippen LogP contribution in [0.3, 0.4) is 0 Å². The Bertz CT molecular complexity index is 796. The SMILES string of the molecule is C[SiH](C)[Zr+2][CH]1c2ccccc2-c2cccc(C3=CC=CC3)c21.[Cl-].[Cl-]. The van der Waals surface area contributed by atoms with Crippen LogP contribution < -0.4 is 24.8 Å². The molecular formula is C20H20Cl2SiZr. The largest absolute Gasteiger partial charge is 1.00 e. The van der Waals surface area contributed by atoms with Crippen LogP contribution in [0.1, 0.15) is 26.7 Å². The van der Waals surface area contributed by atoms with Crippen molar-refractivity contribution >= 4 is 11.5 Å². The molecule has 1 atom stereocenters. The molecule has 1 unspecified atom stereocenters. The number of fused-ring (bicyclic) bond motifs is 3. The van der Waals surface area contributed by atoms with Crippen molar-refractivity contribution in [2.24, 2.45) is 0 Å². The fraction of sp³-hybridized carbons (Fsp3) is 0.200. The van der Waals surface area contributed by atoms with E-state index in [1.807, 2.05) is 0 Å². The average molecular weight is 451 g/mol. The Balaban J connectivity index is 0.00000104. The molecule has 0 N–H and O–H groups in total. The average Bonchev–Trinajstić information content (AvgIpc) is 3.15. The maximum Gasteiger partial charge on any atom is -1.00 e. The molecule has 0 spiro atoms. The summed E-state index contributed by atoms with van der Waals surface area (Å²) in [5.74, 6) is -0.461. The molecule has 24 heavy (non-hydrogen) atoms. The summed E-state index contributed by atoms with van der Waals surface area (Å²) >= 11 is -0.369. The Kier molecular flexibility index (Phi) is 6.90.